The molecule has 1 aromatic carbocycles. The predicted octanol–water partition coefficient (Wildman–Crippen LogP) is 6.73. The summed E-state index contributed by atoms with van der Waals surface area (Å²) in [6.45, 7) is 2.25. The predicted molar refractivity (Wildman–Crippen MR) is 119 cm³/mol. The summed E-state index contributed by atoms with van der Waals surface area (Å²) in [5.74, 6) is -2.28. The van der Waals surface area contributed by atoms with Gasteiger partial charge in [0.05, 0.1) is 0 Å². The number of hydrogen-bond acceptors (Lipinski definition) is 2. The van der Waals surface area contributed by atoms with Gasteiger partial charge >= 0.3 is 11.9 Å². The maximum absolute atomic E-state index is 11.0. The molecule has 0 aliphatic rings. The van der Waals surface area contributed by atoms with E-state index in [0.717, 1.165) is 17.5 Å². The summed E-state index contributed by atoms with van der Waals surface area (Å²) in [6.07, 6.45) is 17.6. The number of carboxylic acid groups (broad SMARTS) is 2. The van der Waals surface area contributed by atoms with Crippen LogP contribution in [0.2, 0.25) is 0 Å². The maximum Gasteiger partial charge on any atom is 0.303 e. The summed E-state index contributed by atoms with van der Waals surface area (Å²) in [5.41, 5.74) is 2.07. The van der Waals surface area contributed by atoms with Gasteiger partial charge in [-0.15, -0.1) is 0 Å². The van der Waals surface area contributed by atoms with E-state index in [4.69, 9.17) is 10.2 Å². The van der Waals surface area contributed by atoms with Gasteiger partial charge in [0.1, 0.15) is 0 Å². The van der Waals surface area contributed by atoms with Gasteiger partial charge < -0.3 is 10.2 Å². The van der Waals surface area contributed by atoms with Crippen LogP contribution < -0.4 is 0 Å². The van der Waals surface area contributed by atoms with E-state index in [-0.39, 0.29) is 18.8 Å². The Hall–Kier alpha value is -2.10. The highest BCUT2D eigenvalue weighted by molar-refractivity contribution is 5.70. The highest BCUT2D eigenvalue weighted by Gasteiger charge is 2.17. The lowest BCUT2D eigenvalue weighted by atomic mass is 9.92. The number of hydrogen-bond donors (Lipinski definition) is 2. The summed E-state index contributed by atoms with van der Waals surface area (Å²) in [6, 6.07) is 7.95. The number of aliphatic carboxylic acids is 2. The van der Waals surface area contributed by atoms with E-state index in [1.54, 1.807) is 0 Å². The van der Waals surface area contributed by atoms with Gasteiger partial charge in [-0.25, -0.2) is 0 Å². The number of benzene rings is 1. The van der Waals surface area contributed by atoms with E-state index in [9.17, 15) is 9.59 Å². The van der Waals surface area contributed by atoms with E-state index in [1.807, 2.05) is 24.3 Å². The molecule has 0 heterocycles. The second-order valence-corrected chi connectivity index (χ2v) is 8.03. The van der Waals surface area contributed by atoms with Crippen LogP contribution in [-0.2, 0) is 16.0 Å². The van der Waals surface area contributed by atoms with Crippen LogP contribution in [0.3, 0.4) is 0 Å². The Labute approximate surface area is 176 Å². The second kappa shape index (κ2) is 15.8. The van der Waals surface area contributed by atoms with Crippen molar-refractivity contribution in [1.82, 2.24) is 0 Å². The first kappa shape index (κ1) is 24.9. The first-order valence-electron chi connectivity index (χ1n) is 11.2. The van der Waals surface area contributed by atoms with Gasteiger partial charge in [0.2, 0.25) is 0 Å². The van der Waals surface area contributed by atoms with Gasteiger partial charge in [-0.05, 0) is 36.3 Å². The van der Waals surface area contributed by atoms with Gasteiger partial charge in [-0.1, -0.05) is 94.7 Å². The molecule has 29 heavy (non-hydrogen) atoms. The molecule has 0 amide bonds. The van der Waals surface area contributed by atoms with Crippen LogP contribution in [0.15, 0.2) is 30.3 Å². The summed E-state index contributed by atoms with van der Waals surface area (Å²) >= 11 is 0. The lowest BCUT2D eigenvalue weighted by molar-refractivity contribution is -0.140. The fourth-order valence-electron chi connectivity index (χ4n) is 3.66. The Morgan fingerprint density at radius 3 is 2.07 bits per heavy atom. The number of unbranched alkanes of at least 4 members (excludes halogenated alkanes) is 9. The van der Waals surface area contributed by atoms with Crippen LogP contribution in [0.1, 0.15) is 95.1 Å². The van der Waals surface area contributed by atoms with Crippen molar-refractivity contribution in [3.05, 3.63) is 41.5 Å². The van der Waals surface area contributed by atoms with Crippen molar-refractivity contribution in [2.24, 2.45) is 5.92 Å². The van der Waals surface area contributed by atoms with Crippen LogP contribution in [0, 0.1) is 5.92 Å². The highest BCUT2D eigenvalue weighted by Crippen LogP contribution is 2.18. The molecule has 2 N–H and O–H groups in total. The van der Waals surface area contributed by atoms with Crippen LogP contribution in [0.4, 0.5) is 0 Å². The van der Waals surface area contributed by atoms with Crippen molar-refractivity contribution in [3.63, 3.8) is 0 Å². The molecule has 162 valence electrons. The molecule has 4 nitrogen and oxygen atoms in total. The van der Waals surface area contributed by atoms with Gasteiger partial charge in [0.25, 0.3) is 0 Å². The minimum absolute atomic E-state index is 0.120. The zero-order chi connectivity index (χ0) is 21.3. The topological polar surface area (TPSA) is 74.6 Å². The van der Waals surface area contributed by atoms with Crippen molar-refractivity contribution < 1.29 is 19.8 Å². The molecule has 0 aliphatic heterocycles. The minimum atomic E-state index is -0.951. The normalized spacial score (nSPS) is 11.4. The molecule has 0 bridgehead atoms. The third kappa shape index (κ3) is 13.7. The quantitative estimate of drug-likeness (QED) is 0.283. The molecule has 1 rings (SSSR count). The number of allylic oxidation sites excluding steroid dienone is 1. The Morgan fingerprint density at radius 2 is 1.48 bits per heavy atom. The van der Waals surface area contributed by atoms with Gasteiger partial charge in [-0.3, -0.25) is 9.59 Å². The first-order chi connectivity index (χ1) is 14.0. The summed E-state index contributed by atoms with van der Waals surface area (Å²) in [7, 11) is 0. The van der Waals surface area contributed by atoms with E-state index in [1.165, 1.54) is 57.8 Å². The number of carboxylic acids is 2. The molecule has 0 saturated carbocycles. The van der Waals surface area contributed by atoms with Crippen molar-refractivity contribution >= 4 is 18.0 Å². The largest absolute Gasteiger partial charge is 0.481 e. The molecule has 0 fully saturated rings. The summed E-state index contributed by atoms with van der Waals surface area (Å²) < 4.78 is 0. The van der Waals surface area contributed by atoms with E-state index in [2.05, 4.69) is 19.1 Å². The maximum atomic E-state index is 11.0. The molecule has 0 aliphatic carbocycles. The smallest absolute Gasteiger partial charge is 0.303 e. The summed E-state index contributed by atoms with van der Waals surface area (Å²) in [4.78, 5) is 21.9. The lowest BCUT2D eigenvalue weighted by Crippen LogP contribution is -2.15. The molecule has 0 saturated heterocycles. The Kier molecular flexibility index (Phi) is 13.6. The first-order valence-corrected chi connectivity index (χ1v) is 11.2. The SMILES string of the molecule is CCCCCCCCCCC/C=C\c1cccc(CC(CC(=O)O)CC(=O)O)c1. The van der Waals surface area contributed by atoms with Crippen LogP contribution >= 0.6 is 0 Å². The molecule has 4 heteroatoms. The number of carbonyl (C=O) groups is 2. The molecule has 0 aromatic heterocycles. The Balaban J connectivity index is 2.32. The number of rotatable bonds is 17. The van der Waals surface area contributed by atoms with Crippen LogP contribution in [-0.4, -0.2) is 22.2 Å². The van der Waals surface area contributed by atoms with Crippen molar-refractivity contribution in [1.29, 1.82) is 0 Å². The molecular formula is C25H38O4. The average molecular weight is 403 g/mol. The molecule has 0 atom stereocenters. The van der Waals surface area contributed by atoms with Crippen molar-refractivity contribution in [2.75, 3.05) is 0 Å². The van der Waals surface area contributed by atoms with Gasteiger partial charge in [0, 0.05) is 12.8 Å². The fourth-order valence-corrected chi connectivity index (χ4v) is 3.66. The average Bonchev–Trinajstić information content (AvgIpc) is 2.65. The molecule has 1 aromatic rings. The Morgan fingerprint density at radius 1 is 0.897 bits per heavy atom. The highest BCUT2D eigenvalue weighted by atomic mass is 16.4. The van der Waals surface area contributed by atoms with Crippen LogP contribution in [0.25, 0.3) is 6.08 Å². The van der Waals surface area contributed by atoms with Crippen LogP contribution in [0.5, 0.6) is 0 Å². The molecule has 0 spiro atoms. The molecule has 0 unspecified atom stereocenters. The van der Waals surface area contributed by atoms with Crippen molar-refractivity contribution in [3.8, 4) is 0 Å². The fraction of sp³-hybridized carbons (Fsp3) is 0.600. The lowest BCUT2D eigenvalue weighted by Gasteiger charge is -2.12. The zero-order valence-electron chi connectivity index (χ0n) is 17.9. The molecule has 0 radical (unpaired) electrons. The van der Waals surface area contributed by atoms with E-state index in [0.29, 0.717) is 6.42 Å². The molecular weight excluding hydrogens is 364 g/mol. The zero-order valence-corrected chi connectivity index (χ0v) is 17.9. The summed E-state index contributed by atoms with van der Waals surface area (Å²) in [5, 5.41) is 18.0. The third-order valence-corrected chi connectivity index (χ3v) is 5.19. The minimum Gasteiger partial charge on any atom is -0.481 e. The third-order valence-electron chi connectivity index (χ3n) is 5.19. The van der Waals surface area contributed by atoms with Gasteiger partial charge in [0.15, 0.2) is 0 Å². The Bertz CT molecular complexity index is 605. The second-order valence-electron chi connectivity index (χ2n) is 8.03. The van der Waals surface area contributed by atoms with Gasteiger partial charge in [-0.2, -0.15) is 0 Å². The standard InChI is InChI=1S/C25H38O4/c1-2-3-4-5-6-7-8-9-10-11-12-14-21-15-13-16-22(17-21)18-23(19-24(26)27)20-25(28)29/h12-17,23H,2-11,18-20H2,1H3,(H,26,27)(H,28,29)/b14-12-. The van der Waals surface area contributed by atoms with E-state index >= 15 is 0 Å². The van der Waals surface area contributed by atoms with E-state index < -0.39 is 11.9 Å². The van der Waals surface area contributed by atoms with Crippen molar-refractivity contribution in [2.45, 2.75) is 90.4 Å². The monoisotopic (exact) mass is 402 g/mol.